The zero-order valence-corrected chi connectivity index (χ0v) is 14.4. The molecule has 0 bridgehead atoms. The SMILES string of the molecule is O=C1c2scc(-c3cccnc3)c2CCN1C(CO)c1ccccc1. The number of amides is 1. The molecule has 1 N–H and O–H groups in total. The van der Waals surface area contributed by atoms with Crippen molar-refractivity contribution in [1.29, 1.82) is 0 Å². The second-order valence-electron chi connectivity index (χ2n) is 6.06. The Hall–Kier alpha value is -2.50. The summed E-state index contributed by atoms with van der Waals surface area (Å²) in [6.45, 7) is 0.530. The van der Waals surface area contributed by atoms with Crippen LogP contribution in [0.4, 0.5) is 0 Å². The van der Waals surface area contributed by atoms with Crippen LogP contribution in [-0.2, 0) is 6.42 Å². The summed E-state index contributed by atoms with van der Waals surface area (Å²) in [4.78, 5) is 19.8. The molecule has 2 aromatic heterocycles. The van der Waals surface area contributed by atoms with E-state index in [-0.39, 0.29) is 18.6 Å². The maximum Gasteiger partial charge on any atom is 0.264 e. The van der Waals surface area contributed by atoms with Gasteiger partial charge < -0.3 is 10.0 Å². The molecule has 0 saturated heterocycles. The monoisotopic (exact) mass is 350 g/mol. The van der Waals surface area contributed by atoms with Gasteiger partial charge in [-0.2, -0.15) is 0 Å². The van der Waals surface area contributed by atoms with Gasteiger partial charge in [0.2, 0.25) is 0 Å². The van der Waals surface area contributed by atoms with E-state index in [0.29, 0.717) is 6.54 Å². The van der Waals surface area contributed by atoms with Gasteiger partial charge in [-0.15, -0.1) is 11.3 Å². The van der Waals surface area contributed by atoms with Crippen molar-refractivity contribution < 1.29 is 9.90 Å². The first-order valence-electron chi connectivity index (χ1n) is 8.27. The van der Waals surface area contributed by atoms with Gasteiger partial charge >= 0.3 is 0 Å². The Bertz CT molecular complexity index is 877. The minimum atomic E-state index is -0.300. The number of hydrogen-bond donors (Lipinski definition) is 1. The van der Waals surface area contributed by atoms with E-state index in [1.165, 1.54) is 11.3 Å². The molecule has 25 heavy (non-hydrogen) atoms. The fourth-order valence-corrected chi connectivity index (χ4v) is 4.48. The molecule has 0 aliphatic carbocycles. The number of hydrogen-bond acceptors (Lipinski definition) is 4. The zero-order chi connectivity index (χ0) is 17.2. The summed E-state index contributed by atoms with van der Waals surface area (Å²) in [7, 11) is 0. The number of fused-ring (bicyclic) bond motifs is 1. The second kappa shape index (κ2) is 6.78. The summed E-state index contributed by atoms with van der Waals surface area (Å²) in [5, 5.41) is 11.9. The number of rotatable bonds is 4. The van der Waals surface area contributed by atoms with Crippen molar-refractivity contribution in [1.82, 2.24) is 9.88 Å². The molecular weight excluding hydrogens is 332 g/mol. The number of aliphatic hydroxyl groups is 1. The Kier molecular flexibility index (Phi) is 4.34. The van der Waals surface area contributed by atoms with Crippen molar-refractivity contribution in [3.05, 3.63) is 76.2 Å². The Morgan fingerprint density at radius 1 is 1.20 bits per heavy atom. The topological polar surface area (TPSA) is 53.4 Å². The lowest BCUT2D eigenvalue weighted by atomic mass is 9.96. The molecule has 0 fully saturated rings. The predicted octanol–water partition coefficient (Wildman–Crippen LogP) is 3.54. The molecule has 4 rings (SSSR count). The van der Waals surface area contributed by atoms with E-state index >= 15 is 0 Å². The van der Waals surface area contributed by atoms with Crippen LogP contribution < -0.4 is 0 Å². The molecule has 4 nitrogen and oxygen atoms in total. The highest BCUT2D eigenvalue weighted by Gasteiger charge is 2.33. The molecule has 0 spiro atoms. The van der Waals surface area contributed by atoms with Crippen molar-refractivity contribution >= 4 is 17.2 Å². The number of aliphatic hydroxyl groups excluding tert-OH is 1. The molecule has 0 saturated carbocycles. The first-order valence-corrected chi connectivity index (χ1v) is 9.15. The lowest BCUT2D eigenvalue weighted by molar-refractivity contribution is 0.0577. The van der Waals surface area contributed by atoms with Crippen LogP contribution in [-0.4, -0.2) is 34.0 Å². The highest BCUT2D eigenvalue weighted by Crippen LogP contribution is 2.37. The van der Waals surface area contributed by atoms with Crippen LogP contribution in [0.2, 0.25) is 0 Å². The van der Waals surface area contributed by atoms with Crippen LogP contribution in [0, 0.1) is 0 Å². The molecule has 1 atom stereocenters. The first kappa shape index (κ1) is 16.0. The predicted molar refractivity (Wildman–Crippen MR) is 98.6 cm³/mol. The summed E-state index contributed by atoms with van der Waals surface area (Å²) in [5.41, 5.74) is 4.21. The fraction of sp³-hybridized carbons (Fsp3) is 0.200. The highest BCUT2D eigenvalue weighted by atomic mass is 32.1. The summed E-state index contributed by atoms with van der Waals surface area (Å²) < 4.78 is 0. The Morgan fingerprint density at radius 3 is 2.76 bits per heavy atom. The average molecular weight is 350 g/mol. The van der Waals surface area contributed by atoms with Crippen molar-refractivity contribution in [3.8, 4) is 11.1 Å². The van der Waals surface area contributed by atoms with Crippen molar-refractivity contribution in [2.24, 2.45) is 0 Å². The fourth-order valence-electron chi connectivity index (χ4n) is 3.40. The minimum Gasteiger partial charge on any atom is -0.394 e. The standard InChI is InChI=1S/C20H18N2O2S/c23-12-18(14-5-2-1-3-6-14)22-10-8-16-17(13-25-19(16)20(22)24)15-7-4-9-21-11-15/h1-7,9,11,13,18,23H,8,10,12H2. The normalized spacial score (nSPS) is 15.1. The van der Waals surface area contributed by atoms with Crippen LogP contribution in [0.25, 0.3) is 11.1 Å². The molecule has 1 aliphatic rings. The third-order valence-electron chi connectivity index (χ3n) is 4.66. The summed E-state index contributed by atoms with van der Waals surface area (Å²) >= 11 is 1.48. The van der Waals surface area contributed by atoms with Gasteiger partial charge in [-0.05, 0) is 34.6 Å². The lowest BCUT2D eigenvalue weighted by Gasteiger charge is -2.34. The number of carbonyl (C=O) groups excluding carboxylic acids is 1. The second-order valence-corrected chi connectivity index (χ2v) is 6.94. The zero-order valence-electron chi connectivity index (χ0n) is 13.6. The van der Waals surface area contributed by atoms with E-state index < -0.39 is 0 Å². The van der Waals surface area contributed by atoms with Gasteiger partial charge in [0, 0.05) is 24.5 Å². The van der Waals surface area contributed by atoms with E-state index in [9.17, 15) is 9.90 Å². The third-order valence-corrected chi connectivity index (χ3v) is 5.67. The Labute approximate surface area is 150 Å². The van der Waals surface area contributed by atoms with Gasteiger partial charge in [0.25, 0.3) is 5.91 Å². The van der Waals surface area contributed by atoms with Gasteiger partial charge in [0.15, 0.2) is 0 Å². The van der Waals surface area contributed by atoms with Crippen LogP contribution >= 0.6 is 11.3 Å². The third kappa shape index (κ3) is 2.86. The molecular formula is C20H18N2O2S. The molecule has 126 valence electrons. The number of aromatic nitrogens is 1. The maximum atomic E-state index is 13.0. The van der Waals surface area contributed by atoms with Crippen molar-refractivity contribution in [3.63, 3.8) is 0 Å². The highest BCUT2D eigenvalue weighted by molar-refractivity contribution is 7.12. The molecule has 5 heteroatoms. The molecule has 0 radical (unpaired) electrons. The van der Waals surface area contributed by atoms with Gasteiger partial charge in [0.1, 0.15) is 0 Å². The number of nitrogens with zero attached hydrogens (tertiary/aromatic N) is 2. The van der Waals surface area contributed by atoms with E-state index in [4.69, 9.17) is 0 Å². The van der Waals surface area contributed by atoms with Crippen LogP contribution in [0.5, 0.6) is 0 Å². The number of carbonyl (C=O) groups is 1. The van der Waals surface area contributed by atoms with Crippen LogP contribution in [0.3, 0.4) is 0 Å². The molecule has 1 unspecified atom stereocenters. The van der Waals surface area contributed by atoms with Crippen molar-refractivity contribution in [2.45, 2.75) is 12.5 Å². The molecule has 3 heterocycles. The van der Waals surface area contributed by atoms with Crippen molar-refractivity contribution in [2.75, 3.05) is 13.2 Å². The van der Waals surface area contributed by atoms with Gasteiger partial charge in [0.05, 0.1) is 17.5 Å². The van der Waals surface area contributed by atoms with Gasteiger partial charge in [-0.1, -0.05) is 36.4 Å². The summed E-state index contributed by atoms with van der Waals surface area (Å²) in [6.07, 6.45) is 4.37. The van der Waals surface area contributed by atoms with E-state index in [0.717, 1.165) is 33.6 Å². The van der Waals surface area contributed by atoms with E-state index in [1.807, 2.05) is 54.0 Å². The Morgan fingerprint density at radius 2 is 2.04 bits per heavy atom. The maximum absolute atomic E-state index is 13.0. The largest absolute Gasteiger partial charge is 0.394 e. The van der Waals surface area contributed by atoms with E-state index in [1.54, 1.807) is 11.1 Å². The minimum absolute atomic E-state index is 0.00398. The molecule has 1 amide bonds. The molecule has 1 aliphatic heterocycles. The average Bonchev–Trinajstić information content (AvgIpc) is 3.11. The summed E-state index contributed by atoms with van der Waals surface area (Å²) in [5.74, 6) is 0.00398. The van der Waals surface area contributed by atoms with Gasteiger partial charge in [-0.25, -0.2) is 0 Å². The number of pyridine rings is 1. The quantitative estimate of drug-likeness (QED) is 0.783. The number of thiophene rings is 1. The van der Waals surface area contributed by atoms with Crippen LogP contribution in [0.15, 0.2) is 60.2 Å². The Balaban J connectivity index is 1.67. The van der Waals surface area contributed by atoms with Gasteiger partial charge in [-0.3, -0.25) is 9.78 Å². The smallest absolute Gasteiger partial charge is 0.264 e. The lowest BCUT2D eigenvalue weighted by Crippen LogP contribution is -2.41. The molecule has 3 aromatic rings. The first-order chi connectivity index (χ1) is 12.3. The summed E-state index contributed by atoms with van der Waals surface area (Å²) in [6, 6.07) is 13.4. The number of benzene rings is 1. The van der Waals surface area contributed by atoms with E-state index in [2.05, 4.69) is 4.98 Å². The molecule has 1 aromatic carbocycles. The van der Waals surface area contributed by atoms with Crippen LogP contribution in [0.1, 0.15) is 26.8 Å².